The van der Waals surface area contributed by atoms with E-state index in [4.69, 9.17) is 14.6 Å². The number of carbonyl (C=O) groups is 3. The molecule has 0 aliphatic carbocycles. The van der Waals surface area contributed by atoms with E-state index in [2.05, 4.69) is 0 Å². The lowest BCUT2D eigenvalue weighted by Gasteiger charge is -2.31. The second-order valence-corrected chi connectivity index (χ2v) is 4.43. The molecule has 2 aliphatic rings. The SMILES string of the molecule is COC(CC(=O)O)CN1C(=O)C2CCC(O2)C1=O. The number of fused-ring (bicyclic) bond motifs is 2. The van der Waals surface area contributed by atoms with E-state index in [9.17, 15) is 14.4 Å². The quantitative estimate of drug-likeness (QED) is 0.660. The van der Waals surface area contributed by atoms with Crippen LogP contribution in [0.25, 0.3) is 0 Å². The summed E-state index contributed by atoms with van der Waals surface area (Å²) >= 11 is 0. The molecular formula is C11H15NO6. The van der Waals surface area contributed by atoms with Gasteiger partial charge in [0.25, 0.3) is 11.8 Å². The zero-order valence-electron chi connectivity index (χ0n) is 10.00. The predicted octanol–water partition coefficient (Wildman–Crippen LogP) is -0.607. The van der Waals surface area contributed by atoms with Crippen LogP contribution in [0.5, 0.6) is 0 Å². The first-order valence-corrected chi connectivity index (χ1v) is 5.78. The summed E-state index contributed by atoms with van der Waals surface area (Å²) in [5.41, 5.74) is 0. The van der Waals surface area contributed by atoms with E-state index in [1.807, 2.05) is 0 Å². The van der Waals surface area contributed by atoms with E-state index in [-0.39, 0.29) is 24.8 Å². The third-order valence-corrected chi connectivity index (χ3v) is 3.22. The molecule has 100 valence electrons. The molecule has 2 amide bonds. The molecule has 2 fully saturated rings. The van der Waals surface area contributed by atoms with Crippen LogP contribution in [0.2, 0.25) is 0 Å². The summed E-state index contributed by atoms with van der Waals surface area (Å²) in [6.45, 7) is -0.0309. The second kappa shape index (κ2) is 5.03. The standard InChI is InChI=1S/C11H15NO6/c1-17-6(4-9(13)14)5-12-10(15)7-2-3-8(18-7)11(12)16/h6-8H,2-5H2,1H3,(H,13,14). The molecule has 0 radical (unpaired) electrons. The number of imide groups is 1. The summed E-state index contributed by atoms with van der Waals surface area (Å²) in [6, 6.07) is 0. The van der Waals surface area contributed by atoms with Crippen molar-refractivity contribution in [3.05, 3.63) is 0 Å². The van der Waals surface area contributed by atoms with Crippen molar-refractivity contribution in [2.24, 2.45) is 0 Å². The molecule has 0 aromatic carbocycles. The minimum atomic E-state index is -1.03. The Balaban J connectivity index is 2.05. The number of likely N-dealkylation sites (tertiary alicyclic amines) is 1. The first-order chi connectivity index (χ1) is 8.52. The number of carbonyl (C=O) groups excluding carboxylic acids is 2. The van der Waals surface area contributed by atoms with E-state index in [0.29, 0.717) is 12.8 Å². The minimum Gasteiger partial charge on any atom is -0.481 e. The molecule has 2 aliphatic heterocycles. The minimum absolute atomic E-state index is 0.0309. The largest absolute Gasteiger partial charge is 0.481 e. The van der Waals surface area contributed by atoms with E-state index in [0.717, 1.165) is 4.90 Å². The van der Waals surface area contributed by atoms with Gasteiger partial charge in [0.2, 0.25) is 0 Å². The lowest BCUT2D eigenvalue weighted by molar-refractivity contribution is -0.171. The predicted molar refractivity (Wildman–Crippen MR) is 57.7 cm³/mol. The Morgan fingerprint density at radius 2 is 2.00 bits per heavy atom. The number of carboxylic acid groups (broad SMARTS) is 1. The van der Waals surface area contributed by atoms with Gasteiger partial charge in [0.15, 0.2) is 0 Å². The van der Waals surface area contributed by atoms with E-state index in [1.54, 1.807) is 0 Å². The zero-order valence-corrected chi connectivity index (χ0v) is 10.00. The third-order valence-electron chi connectivity index (χ3n) is 3.22. The summed E-state index contributed by atoms with van der Waals surface area (Å²) in [5, 5.41) is 8.70. The van der Waals surface area contributed by atoms with Gasteiger partial charge in [-0.3, -0.25) is 19.3 Å². The Labute approximate surface area is 104 Å². The second-order valence-electron chi connectivity index (χ2n) is 4.43. The average Bonchev–Trinajstić information content (AvgIpc) is 2.77. The number of methoxy groups -OCH3 is 1. The smallest absolute Gasteiger partial charge is 0.306 e. The van der Waals surface area contributed by atoms with Crippen LogP contribution in [0.15, 0.2) is 0 Å². The van der Waals surface area contributed by atoms with Crippen molar-refractivity contribution in [3.8, 4) is 0 Å². The Kier molecular flexibility index (Phi) is 3.63. The average molecular weight is 257 g/mol. The number of hydrogen-bond donors (Lipinski definition) is 1. The van der Waals surface area contributed by atoms with Crippen LogP contribution >= 0.6 is 0 Å². The maximum absolute atomic E-state index is 11.9. The molecule has 1 N–H and O–H groups in total. The first kappa shape index (κ1) is 13.0. The topological polar surface area (TPSA) is 93.1 Å². The first-order valence-electron chi connectivity index (χ1n) is 5.78. The van der Waals surface area contributed by atoms with Crippen molar-refractivity contribution in [1.82, 2.24) is 4.90 Å². The van der Waals surface area contributed by atoms with Gasteiger partial charge in [0.05, 0.1) is 19.1 Å². The molecular weight excluding hydrogens is 242 g/mol. The highest BCUT2D eigenvalue weighted by Crippen LogP contribution is 2.28. The van der Waals surface area contributed by atoms with Crippen LogP contribution < -0.4 is 0 Å². The van der Waals surface area contributed by atoms with Gasteiger partial charge in [-0.15, -0.1) is 0 Å². The third kappa shape index (κ3) is 2.37. The maximum atomic E-state index is 11.9. The number of ether oxygens (including phenoxy) is 2. The summed E-state index contributed by atoms with van der Waals surface area (Å²) in [4.78, 5) is 35.5. The summed E-state index contributed by atoms with van der Waals surface area (Å²) in [7, 11) is 1.36. The fourth-order valence-corrected chi connectivity index (χ4v) is 2.26. The number of morpholine rings is 1. The summed E-state index contributed by atoms with van der Waals surface area (Å²) in [5.74, 6) is -1.81. The van der Waals surface area contributed by atoms with Gasteiger partial charge in [-0.1, -0.05) is 0 Å². The number of aliphatic carboxylic acids is 1. The number of carboxylic acids is 1. The molecule has 2 heterocycles. The molecule has 0 spiro atoms. The Bertz CT molecular complexity index is 360. The van der Waals surface area contributed by atoms with Crippen LogP contribution in [0.3, 0.4) is 0 Å². The summed E-state index contributed by atoms with van der Waals surface area (Å²) < 4.78 is 10.2. The molecule has 0 aromatic rings. The molecule has 3 unspecified atom stereocenters. The van der Waals surface area contributed by atoms with Crippen LogP contribution in [-0.2, 0) is 23.9 Å². The van der Waals surface area contributed by atoms with Gasteiger partial charge in [0, 0.05) is 7.11 Å². The molecule has 2 saturated heterocycles. The van der Waals surface area contributed by atoms with Crippen molar-refractivity contribution in [2.45, 2.75) is 37.6 Å². The molecule has 2 bridgehead atoms. The van der Waals surface area contributed by atoms with Crippen molar-refractivity contribution < 1.29 is 29.0 Å². The fourth-order valence-electron chi connectivity index (χ4n) is 2.26. The van der Waals surface area contributed by atoms with Crippen LogP contribution in [0.4, 0.5) is 0 Å². The normalized spacial score (nSPS) is 28.6. The molecule has 7 nitrogen and oxygen atoms in total. The molecule has 7 heteroatoms. The fraction of sp³-hybridized carbons (Fsp3) is 0.727. The number of hydrogen-bond acceptors (Lipinski definition) is 5. The Hall–Kier alpha value is -1.47. The van der Waals surface area contributed by atoms with Gasteiger partial charge < -0.3 is 14.6 Å². The number of amides is 2. The van der Waals surface area contributed by atoms with E-state index < -0.39 is 24.3 Å². The van der Waals surface area contributed by atoms with Gasteiger partial charge >= 0.3 is 5.97 Å². The van der Waals surface area contributed by atoms with Crippen LogP contribution in [-0.4, -0.2) is 59.8 Å². The van der Waals surface area contributed by atoms with Crippen LogP contribution in [0.1, 0.15) is 19.3 Å². The highest BCUT2D eigenvalue weighted by atomic mass is 16.5. The number of rotatable bonds is 5. The van der Waals surface area contributed by atoms with E-state index in [1.165, 1.54) is 7.11 Å². The van der Waals surface area contributed by atoms with E-state index >= 15 is 0 Å². The van der Waals surface area contributed by atoms with Crippen molar-refractivity contribution in [2.75, 3.05) is 13.7 Å². The van der Waals surface area contributed by atoms with Gasteiger partial charge in [-0.25, -0.2) is 0 Å². The molecule has 0 saturated carbocycles. The van der Waals surface area contributed by atoms with Gasteiger partial charge in [-0.05, 0) is 12.8 Å². The number of nitrogens with zero attached hydrogens (tertiary/aromatic N) is 1. The van der Waals surface area contributed by atoms with Gasteiger partial charge in [0.1, 0.15) is 12.2 Å². The van der Waals surface area contributed by atoms with Gasteiger partial charge in [-0.2, -0.15) is 0 Å². The monoisotopic (exact) mass is 257 g/mol. The lowest BCUT2D eigenvalue weighted by Crippen LogP contribution is -2.54. The van der Waals surface area contributed by atoms with Crippen molar-refractivity contribution in [3.63, 3.8) is 0 Å². The zero-order chi connectivity index (χ0) is 13.3. The van der Waals surface area contributed by atoms with Crippen molar-refractivity contribution in [1.29, 1.82) is 0 Å². The molecule has 18 heavy (non-hydrogen) atoms. The Morgan fingerprint density at radius 3 is 2.44 bits per heavy atom. The summed E-state index contributed by atoms with van der Waals surface area (Å²) in [6.07, 6.45) is -0.966. The molecule has 0 aromatic heterocycles. The highest BCUT2D eigenvalue weighted by molar-refractivity contribution is 6.02. The van der Waals surface area contributed by atoms with Crippen LogP contribution in [0, 0.1) is 0 Å². The lowest BCUT2D eigenvalue weighted by atomic mass is 10.2. The maximum Gasteiger partial charge on any atom is 0.306 e. The van der Waals surface area contributed by atoms with Crippen molar-refractivity contribution >= 4 is 17.8 Å². The Morgan fingerprint density at radius 1 is 1.44 bits per heavy atom. The molecule has 2 rings (SSSR count). The highest BCUT2D eigenvalue weighted by Gasteiger charge is 2.46. The molecule has 3 atom stereocenters.